The van der Waals surface area contributed by atoms with Crippen molar-refractivity contribution in [3.63, 3.8) is 0 Å². The highest BCUT2D eigenvalue weighted by Gasteiger charge is 2.09. The average Bonchev–Trinajstić information content (AvgIpc) is 2.29. The van der Waals surface area contributed by atoms with Crippen molar-refractivity contribution in [2.24, 2.45) is 5.73 Å². The van der Waals surface area contributed by atoms with E-state index in [4.69, 9.17) is 5.73 Å². The summed E-state index contributed by atoms with van der Waals surface area (Å²) in [5.41, 5.74) is 6.76. The first-order valence-electron chi connectivity index (χ1n) is 6.29. The van der Waals surface area contributed by atoms with Gasteiger partial charge in [0.15, 0.2) is 0 Å². The van der Waals surface area contributed by atoms with Gasteiger partial charge < -0.3 is 11.1 Å². The molecule has 1 aromatic rings. The number of amides is 1. The molecule has 0 bridgehead atoms. The van der Waals surface area contributed by atoms with Gasteiger partial charge in [-0.05, 0) is 44.4 Å². The Balaban J connectivity index is 2.37. The van der Waals surface area contributed by atoms with E-state index < -0.39 is 0 Å². The maximum absolute atomic E-state index is 11.7. The fraction of sp³-hybridized carbons (Fsp3) is 0.500. The molecule has 4 heteroatoms. The maximum Gasteiger partial charge on any atom is 0.220 e. The van der Waals surface area contributed by atoms with Crippen molar-refractivity contribution in [1.29, 1.82) is 0 Å². The monoisotopic (exact) mass is 312 g/mol. The first kappa shape index (κ1) is 15.2. The molecule has 18 heavy (non-hydrogen) atoms. The lowest BCUT2D eigenvalue weighted by atomic mass is 10.1. The van der Waals surface area contributed by atoms with Crippen molar-refractivity contribution >= 4 is 21.8 Å². The van der Waals surface area contributed by atoms with Crippen molar-refractivity contribution in [3.8, 4) is 0 Å². The van der Waals surface area contributed by atoms with Gasteiger partial charge in [0.1, 0.15) is 0 Å². The van der Waals surface area contributed by atoms with Gasteiger partial charge in [0.25, 0.3) is 0 Å². The SMILES string of the molecule is CC(N)CCCC(=O)N[C@@H](C)c1ccc(Br)cc1. The van der Waals surface area contributed by atoms with E-state index in [2.05, 4.69) is 21.2 Å². The van der Waals surface area contributed by atoms with Crippen LogP contribution in [0.5, 0.6) is 0 Å². The van der Waals surface area contributed by atoms with Crippen LogP contribution in [-0.2, 0) is 4.79 Å². The molecule has 1 amide bonds. The lowest BCUT2D eigenvalue weighted by Crippen LogP contribution is -2.26. The van der Waals surface area contributed by atoms with Gasteiger partial charge in [-0.25, -0.2) is 0 Å². The van der Waals surface area contributed by atoms with E-state index in [-0.39, 0.29) is 18.0 Å². The third kappa shape index (κ3) is 5.65. The normalized spacial score (nSPS) is 14.0. The molecule has 0 radical (unpaired) electrons. The summed E-state index contributed by atoms with van der Waals surface area (Å²) in [4.78, 5) is 11.7. The number of carbonyl (C=O) groups excluding carboxylic acids is 1. The number of nitrogens with two attached hydrogens (primary N) is 1. The predicted octanol–water partition coefficient (Wildman–Crippen LogP) is 3.14. The first-order chi connectivity index (χ1) is 8.49. The number of hydrogen-bond donors (Lipinski definition) is 2. The van der Waals surface area contributed by atoms with E-state index in [1.165, 1.54) is 0 Å². The molecule has 0 aromatic heterocycles. The van der Waals surface area contributed by atoms with Crippen LogP contribution in [0, 0.1) is 0 Å². The van der Waals surface area contributed by atoms with Crippen LogP contribution >= 0.6 is 15.9 Å². The highest BCUT2D eigenvalue weighted by molar-refractivity contribution is 9.10. The Morgan fingerprint density at radius 2 is 1.94 bits per heavy atom. The Morgan fingerprint density at radius 3 is 2.50 bits per heavy atom. The number of halogens is 1. The summed E-state index contributed by atoms with van der Waals surface area (Å²) < 4.78 is 1.04. The van der Waals surface area contributed by atoms with Crippen LogP contribution in [0.25, 0.3) is 0 Å². The minimum Gasteiger partial charge on any atom is -0.350 e. The van der Waals surface area contributed by atoms with Gasteiger partial charge in [0.2, 0.25) is 5.91 Å². The van der Waals surface area contributed by atoms with E-state index in [1.807, 2.05) is 38.1 Å². The average molecular weight is 313 g/mol. The second kappa shape index (κ2) is 7.54. The van der Waals surface area contributed by atoms with Gasteiger partial charge >= 0.3 is 0 Å². The molecule has 0 heterocycles. The molecule has 0 saturated heterocycles. The van der Waals surface area contributed by atoms with Gasteiger partial charge in [-0.1, -0.05) is 28.1 Å². The Labute approximate surface area is 117 Å². The summed E-state index contributed by atoms with van der Waals surface area (Å²) in [5.74, 6) is 0.0890. The van der Waals surface area contributed by atoms with Crippen molar-refractivity contribution < 1.29 is 4.79 Å². The minimum atomic E-state index is 0.0425. The summed E-state index contributed by atoms with van der Waals surface area (Å²) in [6, 6.07) is 8.19. The molecule has 0 fully saturated rings. The molecule has 0 aliphatic heterocycles. The first-order valence-corrected chi connectivity index (χ1v) is 7.08. The van der Waals surface area contributed by atoms with Gasteiger partial charge in [0, 0.05) is 16.9 Å². The van der Waals surface area contributed by atoms with Gasteiger partial charge in [-0.3, -0.25) is 4.79 Å². The maximum atomic E-state index is 11.7. The lowest BCUT2D eigenvalue weighted by Gasteiger charge is -2.14. The second-order valence-corrected chi connectivity index (χ2v) is 5.63. The van der Waals surface area contributed by atoms with Crippen LogP contribution in [0.4, 0.5) is 0 Å². The molecule has 3 N–H and O–H groups in total. The number of rotatable bonds is 6. The van der Waals surface area contributed by atoms with Gasteiger partial charge in [0.05, 0.1) is 6.04 Å². The third-order valence-electron chi connectivity index (χ3n) is 2.81. The van der Waals surface area contributed by atoms with Gasteiger partial charge in [-0.2, -0.15) is 0 Å². The van der Waals surface area contributed by atoms with E-state index in [0.717, 1.165) is 22.9 Å². The van der Waals surface area contributed by atoms with E-state index in [1.54, 1.807) is 0 Å². The van der Waals surface area contributed by atoms with Crippen LogP contribution in [0.3, 0.4) is 0 Å². The predicted molar refractivity (Wildman–Crippen MR) is 78.2 cm³/mol. The summed E-state index contributed by atoms with van der Waals surface area (Å²) in [5, 5.41) is 2.99. The zero-order chi connectivity index (χ0) is 13.5. The standard InChI is InChI=1S/C14H21BrN2O/c1-10(16)4-3-5-14(18)17-11(2)12-6-8-13(15)9-7-12/h6-11H,3-5,16H2,1-2H3,(H,17,18)/t10?,11-/m0/s1. The zero-order valence-corrected chi connectivity index (χ0v) is 12.5. The Bertz CT molecular complexity index is 376. The summed E-state index contributed by atoms with van der Waals surface area (Å²) in [6.45, 7) is 3.95. The quantitative estimate of drug-likeness (QED) is 0.847. The Hall–Kier alpha value is -0.870. The third-order valence-corrected chi connectivity index (χ3v) is 3.34. The van der Waals surface area contributed by atoms with Crippen LogP contribution in [0.15, 0.2) is 28.7 Å². The largest absolute Gasteiger partial charge is 0.350 e. The molecule has 0 spiro atoms. The molecule has 1 unspecified atom stereocenters. The number of benzene rings is 1. The molecule has 0 aliphatic rings. The summed E-state index contributed by atoms with van der Waals surface area (Å²) in [6.07, 6.45) is 2.28. The van der Waals surface area contributed by atoms with E-state index >= 15 is 0 Å². The van der Waals surface area contributed by atoms with Crippen LogP contribution in [-0.4, -0.2) is 11.9 Å². The number of hydrogen-bond acceptors (Lipinski definition) is 2. The molecule has 1 rings (SSSR count). The number of nitrogens with one attached hydrogen (secondary N) is 1. The summed E-state index contributed by atoms with van der Waals surface area (Å²) >= 11 is 3.39. The minimum absolute atomic E-state index is 0.0425. The highest BCUT2D eigenvalue weighted by Crippen LogP contribution is 2.16. The van der Waals surface area contributed by atoms with E-state index in [0.29, 0.717) is 6.42 Å². The Kier molecular flexibility index (Phi) is 6.36. The molecule has 3 nitrogen and oxygen atoms in total. The molecule has 0 aliphatic carbocycles. The van der Waals surface area contributed by atoms with Crippen LogP contribution in [0.1, 0.15) is 44.7 Å². The smallest absolute Gasteiger partial charge is 0.220 e. The van der Waals surface area contributed by atoms with Crippen molar-refractivity contribution in [2.75, 3.05) is 0 Å². The molecule has 100 valence electrons. The van der Waals surface area contributed by atoms with Crippen LogP contribution < -0.4 is 11.1 Å². The van der Waals surface area contributed by atoms with Crippen molar-refractivity contribution in [3.05, 3.63) is 34.3 Å². The molecule has 1 aromatic carbocycles. The summed E-state index contributed by atoms with van der Waals surface area (Å²) in [7, 11) is 0. The van der Waals surface area contributed by atoms with Gasteiger partial charge in [-0.15, -0.1) is 0 Å². The topological polar surface area (TPSA) is 55.1 Å². The number of carbonyl (C=O) groups is 1. The molecular weight excluding hydrogens is 292 g/mol. The van der Waals surface area contributed by atoms with E-state index in [9.17, 15) is 4.79 Å². The molecule has 2 atom stereocenters. The highest BCUT2D eigenvalue weighted by atomic mass is 79.9. The van der Waals surface area contributed by atoms with Crippen molar-refractivity contribution in [2.45, 2.75) is 45.2 Å². The molecule has 0 saturated carbocycles. The zero-order valence-electron chi connectivity index (χ0n) is 10.9. The fourth-order valence-corrected chi connectivity index (χ4v) is 2.00. The molecular formula is C14H21BrN2O. The fourth-order valence-electron chi connectivity index (χ4n) is 1.73. The van der Waals surface area contributed by atoms with Crippen LogP contribution in [0.2, 0.25) is 0 Å². The lowest BCUT2D eigenvalue weighted by molar-refractivity contribution is -0.121. The Morgan fingerprint density at radius 1 is 1.33 bits per heavy atom. The second-order valence-electron chi connectivity index (χ2n) is 4.71. The van der Waals surface area contributed by atoms with Crippen molar-refractivity contribution in [1.82, 2.24) is 5.32 Å².